The summed E-state index contributed by atoms with van der Waals surface area (Å²) in [5.74, 6) is -1.61. The van der Waals surface area contributed by atoms with Crippen molar-refractivity contribution in [1.29, 1.82) is 0 Å². The number of imide groups is 1. The number of para-hydroxylation sites is 1. The van der Waals surface area contributed by atoms with Crippen molar-refractivity contribution >= 4 is 40.6 Å². The number of rotatable bonds is 5. The fourth-order valence-corrected chi connectivity index (χ4v) is 3.34. The SMILES string of the molecule is O=C(O)c1ccc(C=C2SC(=O)N(Cc3ccccc3[N+](=O)[O-])C2=O)cc1. The van der Waals surface area contributed by atoms with Crippen LogP contribution < -0.4 is 0 Å². The topological polar surface area (TPSA) is 118 Å². The Hall–Kier alpha value is -3.46. The highest BCUT2D eigenvalue weighted by Crippen LogP contribution is 2.34. The molecule has 9 heteroatoms. The molecule has 136 valence electrons. The maximum absolute atomic E-state index is 12.5. The lowest BCUT2D eigenvalue weighted by Gasteiger charge is -2.12. The number of nitro benzene ring substituents is 1. The van der Waals surface area contributed by atoms with E-state index < -0.39 is 22.0 Å². The lowest BCUT2D eigenvalue weighted by Crippen LogP contribution is -2.27. The van der Waals surface area contributed by atoms with Crippen LogP contribution in [0.3, 0.4) is 0 Å². The molecule has 0 spiro atoms. The molecule has 0 atom stereocenters. The molecule has 2 amide bonds. The highest BCUT2D eigenvalue weighted by Gasteiger charge is 2.36. The molecule has 1 saturated heterocycles. The van der Waals surface area contributed by atoms with Gasteiger partial charge in [-0.25, -0.2) is 4.79 Å². The summed E-state index contributed by atoms with van der Waals surface area (Å²) in [5.41, 5.74) is 0.773. The van der Waals surface area contributed by atoms with E-state index in [-0.39, 0.29) is 28.3 Å². The third-order valence-electron chi connectivity index (χ3n) is 3.85. The number of hydrogen-bond acceptors (Lipinski definition) is 6. The molecular weight excluding hydrogens is 372 g/mol. The molecule has 1 aliphatic heterocycles. The van der Waals surface area contributed by atoms with Crippen LogP contribution in [0.15, 0.2) is 53.4 Å². The molecule has 0 aromatic heterocycles. The number of thioether (sulfide) groups is 1. The summed E-state index contributed by atoms with van der Waals surface area (Å²) in [6.45, 7) is -0.197. The average Bonchev–Trinajstić information content (AvgIpc) is 2.90. The molecule has 1 N–H and O–H groups in total. The van der Waals surface area contributed by atoms with E-state index in [1.165, 1.54) is 48.5 Å². The minimum Gasteiger partial charge on any atom is -0.478 e. The number of carboxylic acids is 1. The Morgan fingerprint density at radius 3 is 2.44 bits per heavy atom. The molecular formula is C18H12N2O6S. The molecule has 1 heterocycles. The van der Waals surface area contributed by atoms with Crippen LogP contribution in [-0.4, -0.2) is 32.0 Å². The van der Waals surface area contributed by atoms with Gasteiger partial charge in [-0.2, -0.15) is 0 Å². The quantitative estimate of drug-likeness (QED) is 0.476. The minimum atomic E-state index is -1.06. The Kier molecular flexibility index (Phi) is 5.04. The van der Waals surface area contributed by atoms with Crippen LogP contribution in [0.5, 0.6) is 0 Å². The van der Waals surface area contributed by atoms with Crippen molar-refractivity contribution < 1.29 is 24.4 Å². The van der Waals surface area contributed by atoms with Crippen molar-refractivity contribution in [2.24, 2.45) is 0 Å². The van der Waals surface area contributed by atoms with Crippen molar-refractivity contribution in [2.45, 2.75) is 6.54 Å². The van der Waals surface area contributed by atoms with Crippen molar-refractivity contribution in [3.05, 3.63) is 80.2 Å². The predicted octanol–water partition coefficient (Wildman–Crippen LogP) is 3.53. The molecule has 0 saturated carbocycles. The first-order chi connectivity index (χ1) is 12.9. The average molecular weight is 384 g/mol. The van der Waals surface area contributed by atoms with Gasteiger partial charge >= 0.3 is 5.97 Å². The van der Waals surface area contributed by atoms with Crippen LogP contribution in [-0.2, 0) is 11.3 Å². The van der Waals surface area contributed by atoms with Gasteiger partial charge in [0.1, 0.15) is 0 Å². The van der Waals surface area contributed by atoms with Gasteiger partial charge in [-0.1, -0.05) is 30.3 Å². The van der Waals surface area contributed by atoms with Crippen LogP contribution >= 0.6 is 11.8 Å². The van der Waals surface area contributed by atoms with Gasteiger partial charge in [-0.05, 0) is 35.5 Å². The molecule has 0 radical (unpaired) electrons. The second kappa shape index (κ2) is 7.42. The molecule has 8 nitrogen and oxygen atoms in total. The van der Waals surface area contributed by atoms with Crippen LogP contribution in [0, 0.1) is 10.1 Å². The molecule has 0 bridgehead atoms. The lowest BCUT2D eigenvalue weighted by molar-refractivity contribution is -0.385. The third-order valence-corrected chi connectivity index (χ3v) is 4.75. The van der Waals surface area contributed by atoms with Crippen molar-refractivity contribution in [3.8, 4) is 0 Å². The van der Waals surface area contributed by atoms with E-state index in [0.29, 0.717) is 5.56 Å². The summed E-state index contributed by atoms with van der Waals surface area (Å²) in [4.78, 5) is 47.3. The molecule has 3 rings (SSSR count). The summed E-state index contributed by atoms with van der Waals surface area (Å²) in [6, 6.07) is 11.8. The number of carbonyl (C=O) groups is 3. The number of hydrogen-bond donors (Lipinski definition) is 1. The molecule has 0 unspecified atom stereocenters. The third kappa shape index (κ3) is 3.87. The summed E-state index contributed by atoms with van der Waals surface area (Å²) in [5, 5.41) is 19.5. The van der Waals surface area contributed by atoms with Gasteiger partial charge in [-0.3, -0.25) is 24.6 Å². The number of nitro groups is 1. The second-order valence-electron chi connectivity index (χ2n) is 5.58. The Balaban J connectivity index is 1.83. The highest BCUT2D eigenvalue weighted by molar-refractivity contribution is 8.18. The predicted molar refractivity (Wildman–Crippen MR) is 98.0 cm³/mol. The molecule has 2 aromatic rings. The number of nitrogens with zero attached hydrogens (tertiary/aromatic N) is 2. The molecule has 1 aliphatic rings. The Morgan fingerprint density at radius 1 is 1.15 bits per heavy atom. The first-order valence-corrected chi connectivity index (χ1v) is 8.49. The Bertz CT molecular complexity index is 984. The van der Waals surface area contributed by atoms with Crippen molar-refractivity contribution in [2.75, 3.05) is 0 Å². The number of carboxylic acid groups (broad SMARTS) is 1. The normalized spacial score (nSPS) is 15.4. The van der Waals surface area contributed by atoms with Gasteiger partial charge in [-0.15, -0.1) is 0 Å². The van der Waals surface area contributed by atoms with Gasteiger partial charge < -0.3 is 5.11 Å². The van der Waals surface area contributed by atoms with E-state index in [1.807, 2.05) is 0 Å². The first kappa shape index (κ1) is 18.3. The number of aromatic carboxylic acids is 1. The van der Waals surface area contributed by atoms with Gasteiger partial charge in [0.25, 0.3) is 16.8 Å². The van der Waals surface area contributed by atoms with E-state index in [9.17, 15) is 24.5 Å². The van der Waals surface area contributed by atoms with Crippen molar-refractivity contribution in [1.82, 2.24) is 4.90 Å². The van der Waals surface area contributed by atoms with E-state index in [1.54, 1.807) is 6.07 Å². The maximum Gasteiger partial charge on any atom is 0.335 e. The van der Waals surface area contributed by atoms with Crippen LogP contribution in [0.4, 0.5) is 10.5 Å². The largest absolute Gasteiger partial charge is 0.478 e. The number of benzene rings is 2. The van der Waals surface area contributed by atoms with Gasteiger partial charge in [0.15, 0.2) is 0 Å². The van der Waals surface area contributed by atoms with Gasteiger partial charge in [0.05, 0.1) is 21.9 Å². The van der Waals surface area contributed by atoms with Crippen LogP contribution in [0.25, 0.3) is 6.08 Å². The summed E-state index contributed by atoms with van der Waals surface area (Å²) < 4.78 is 0. The standard InChI is InChI=1S/C18H12N2O6S/c21-16-15(9-11-5-7-12(8-6-11)17(22)23)27-18(24)19(16)10-13-3-1-2-4-14(13)20(25)26/h1-9H,10H2,(H,22,23). The van der Waals surface area contributed by atoms with E-state index in [4.69, 9.17) is 5.11 Å². The number of amides is 2. The summed E-state index contributed by atoms with van der Waals surface area (Å²) >= 11 is 0.733. The van der Waals surface area contributed by atoms with E-state index >= 15 is 0 Å². The Morgan fingerprint density at radius 2 is 1.81 bits per heavy atom. The first-order valence-electron chi connectivity index (χ1n) is 7.68. The van der Waals surface area contributed by atoms with Gasteiger partial charge in [0, 0.05) is 11.6 Å². The van der Waals surface area contributed by atoms with Gasteiger partial charge in [0.2, 0.25) is 0 Å². The smallest absolute Gasteiger partial charge is 0.335 e. The zero-order valence-electron chi connectivity index (χ0n) is 13.7. The van der Waals surface area contributed by atoms with E-state index in [2.05, 4.69) is 0 Å². The molecule has 2 aromatic carbocycles. The molecule has 0 aliphatic carbocycles. The highest BCUT2D eigenvalue weighted by atomic mass is 32.2. The minimum absolute atomic E-state index is 0.108. The van der Waals surface area contributed by atoms with Crippen molar-refractivity contribution in [3.63, 3.8) is 0 Å². The molecule has 1 fully saturated rings. The maximum atomic E-state index is 12.5. The van der Waals surface area contributed by atoms with E-state index in [0.717, 1.165) is 16.7 Å². The summed E-state index contributed by atoms with van der Waals surface area (Å²) in [7, 11) is 0. The molecule has 27 heavy (non-hydrogen) atoms. The second-order valence-corrected chi connectivity index (χ2v) is 6.57. The Labute approximate surface area is 157 Å². The lowest BCUT2D eigenvalue weighted by atomic mass is 10.1. The zero-order chi connectivity index (χ0) is 19.6. The zero-order valence-corrected chi connectivity index (χ0v) is 14.5. The number of carbonyl (C=O) groups excluding carboxylic acids is 2. The monoisotopic (exact) mass is 384 g/mol. The van der Waals surface area contributed by atoms with Crippen LogP contribution in [0.1, 0.15) is 21.5 Å². The fourth-order valence-electron chi connectivity index (χ4n) is 2.50. The van der Waals surface area contributed by atoms with Crippen LogP contribution in [0.2, 0.25) is 0 Å². The fraction of sp³-hybridized carbons (Fsp3) is 0.0556. The summed E-state index contributed by atoms with van der Waals surface area (Å²) in [6.07, 6.45) is 1.48.